The van der Waals surface area contributed by atoms with Crippen LogP contribution in [0.5, 0.6) is 0 Å². The SMILES string of the molecule is CC/C=C\C/C=C\C/C=C\CCCCCCCC(=O)OCC(COP(=O)(O)OCC(O)COP(=O)(O)OCC(COC(=O)CCCCCCC/C=C\CCCCCCCC)OC(=O)CCCCCCC/C=C\C/C=C\CCC)OC(=O)CCCCCCC/C=C\C/C=C\CCCCC. The highest BCUT2D eigenvalue weighted by molar-refractivity contribution is 7.47. The van der Waals surface area contributed by atoms with Gasteiger partial charge in [-0.3, -0.25) is 37.3 Å². The first-order valence-corrected chi connectivity index (χ1v) is 41.5. The monoisotopic (exact) mass is 1420 g/mol. The summed E-state index contributed by atoms with van der Waals surface area (Å²) in [6.07, 6.45) is 73.9. The first-order chi connectivity index (χ1) is 47.7. The van der Waals surface area contributed by atoms with Crippen LogP contribution in [-0.2, 0) is 65.4 Å². The van der Waals surface area contributed by atoms with Gasteiger partial charge in [-0.15, -0.1) is 0 Å². The molecule has 3 N–H and O–H groups in total. The fourth-order valence-corrected chi connectivity index (χ4v) is 11.7. The van der Waals surface area contributed by atoms with E-state index < -0.39 is 97.5 Å². The zero-order chi connectivity index (χ0) is 71.8. The maximum Gasteiger partial charge on any atom is 0.472 e. The van der Waals surface area contributed by atoms with Crippen molar-refractivity contribution in [2.75, 3.05) is 39.6 Å². The Morgan fingerprint density at radius 2 is 0.551 bits per heavy atom. The molecule has 0 radical (unpaired) electrons. The lowest BCUT2D eigenvalue weighted by Crippen LogP contribution is -2.30. The Morgan fingerprint density at radius 1 is 0.296 bits per heavy atom. The highest BCUT2D eigenvalue weighted by Crippen LogP contribution is 2.45. The summed E-state index contributed by atoms with van der Waals surface area (Å²) in [5.74, 6) is -2.22. The van der Waals surface area contributed by atoms with Crippen molar-refractivity contribution in [3.05, 3.63) is 97.2 Å². The molecule has 566 valence electrons. The predicted octanol–water partition coefficient (Wildman–Crippen LogP) is 22.0. The average Bonchev–Trinajstić information content (AvgIpc) is 1.04. The van der Waals surface area contributed by atoms with E-state index in [9.17, 15) is 43.2 Å². The number of hydrogen-bond donors (Lipinski definition) is 3. The second-order valence-electron chi connectivity index (χ2n) is 25.6. The van der Waals surface area contributed by atoms with Gasteiger partial charge in [-0.1, -0.05) is 253 Å². The summed E-state index contributed by atoms with van der Waals surface area (Å²) < 4.78 is 68.5. The summed E-state index contributed by atoms with van der Waals surface area (Å²) >= 11 is 0. The van der Waals surface area contributed by atoms with E-state index in [1.54, 1.807) is 0 Å². The smallest absolute Gasteiger partial charge is 0.462 e. The molecule has 19 heteroatoms. The van der Waals surface area contributed by atoms with Crippen LogP contribution in [0, 0.1) is 0 Å². The van der Waals surface area contributed by atoms with Crippen molar-refractivity contribution in [3.8, 4) is 0 Å². The van der Waals surface area contributed by atoms with Crippen LogP contribution in [0.1, 0.15) is 323 Å². The number of aliphatic hydroxyl groups is 1. The minimum absolute atomic E-state index is 0.0745. The van der Waals surface area contributed by atoms with Gasteiger partial charge in [0.05, 0.1) is 26.4 Å². The summed E-state index contributed by atoms with van der Waals surface area (Å²) in [5, 5.41) is 10.6. The van der Waals surface area contributed by atoms with Crippen LogP contribution >= 0.6 is 15.6 Å². The molecule has 0 bridgehead atoms. The second kappa shape index (κ2) is 71.4. The number of phosphoric acid groups is 2. The molecule has 17 nitrogen and oxygen atoms in total. The first kappa shape index (κ1) is 94.0. The van der Waals surface area contributed by atoms with E-state index in [4.69, 9.17) is 37.0 Å². The first-order valence-electron chi connectivity index (χ1n) is 38.5. The van der Waals surface area contributed by atoms with Crippen LogP contribution < -0.4 is 0 Å². The summed E-state index contributed by atoms with van der Waals surface area (Å²) in [6, 6.07) is 0. The molecule has 0 aromatic carbocycles. The number of ether oxygens (including phenoxy) is 4. The Morgan fingerprint density at radius 3 is 0.888 bits per heavy atom. The average molecular weight is 1420 g/mol. The highest BCUT2D eigenvalue weighted by Gasteiger charge is 2.30. The molecule has 0 aliphatic carbocycles. The van der Waals surface area contributed by atoms with E-state index in [0.29, 0.717) is 25.7 Å². The van der Waals surface area contributed by atoms with Gasteiger partial charge < -0.3 is 33.8 Å². The minimum atomic E-state index is -4.98. The fourth-order valence-electron chi connectivity index (χ4n) is 10.1. The topological polar surface area (TPSA) is 237 Å². The van der Waals surface area contributed by atoms with E-state index in [1.807, 2.05) is 0 Å². The zero-order valence-electron chi connectivity index (χ0n) is 61.7. The third kappa shape index (κ3) is 70.4. The van der Waals surface area contributed by atoms with Crippen molar-refractivity contribution in [1.29, 1.82) is 0 Å². The molecular weight excluding hydrogens is 1280 g/mol. The quantitative estimate of drug-likeness (QED) is 0.0169. The number of unbranched alkanes of at least 4 members (excludes halogenated alkanes) is 30. The number of hydrogen-bond acceptors (Lipinski definition) is 15. The summed E-state index contributed by atoms with van der Waals surface area (Å²) in [4.78, 5) is 72.9. The molecule has 0 fully saturated rings. The molecule has 0 rings (SSSR count). The largest absolute Gasteiger partial charge is 0.472 e. The van der Waals surface area contributed by atoms with Gasteiger partial charge in [0.25, 0.3) is 0 Å². The number of rotatable bonds is 72. The Bertz CT molecular complexity index is 2240. The number of allylic oxidation sites excluding steroid dienone is 16. The van der Waals surface area contributed by atoms with Crippen LogP contribution in [0.4, 0.5) is 0 Å². The maximum absolute atomic E-state index is 13.1. The third-order valence-corrected chi connectivity index (χ3v) is 17.9. The van der Waals surface area contributed by atoms with E-state index in [-0.39, 0.29) is 25.7 Å². The number of phosphoric ester groups is 2. The van der Waals surface area contributed by atoms with E-state index in [2.05, 4.69) is 125 Å². The van der Waals surface area contributed by atoms with Gasteiger partial charge in [0, 0.05) is 25.7 Å². The molecule has 5 atom stereocenters. The molecule has 0 amide bonds. The van der Waals surface area contributed by atoms with Gasteiger partial charge in [-0.2, -0.15) is 0 Å². The lowest BCUT2D eigenvalue weighted by Gasteiger charge is -2.21. The van der Waals surface area contributed by atoms with Crippen LogP contribution in [-0.4, -0.2) is 96.7 Å². The van der Waals surface area contributed by atoms with Gasteiger partial charge in [-0.05, 0) is 141 Å². The van der Waals surface area contributed by atoms with Crippen LogP contribution in [0.3, 0.4) is 0 Å². The number of carbonyl (C=O) groups excluding carboxylic acids is 4. The molecule has 0 aromatic rings. The molecular formula is C79H138O17P2. The molecule has 5 unspecified atom stereocenters. The van der Waals surface area contributed by atoms with E-state index >= 15 is 0 Å². The highest BCUT2D eigenvalue weighted by atomic mass is 31.2. The third-order valence-electron chi connectivity index (χ3n) is 16.0. The molecule has 0 spiro atoms. The Balaban J connectivity index is 5.37. The minimum Gasteiger partial charge on any atom is -0.462 e. The Labute approximate surface area is 595 Å². The Kier molecular flexibility index (Phi) is 68.4. The molecule has 0 aliphatic rings. The number of esters is 4. The van der Waals surface area contributed by atoms with Crippen molar-refractivity contribution < 1.29 is 80.2 Å². The molecule has 0 heterocycles. The van der Waals surface area contributed by atoms with Gasteiger partial charge in [0.1, 0.15) is 19.3 Å². The number of carbonyl (C=O) groups is 4. The fraction of sp³-hybridized carbons (Fsp3) is 0.747. The molecule has 98 heavy (non-hydrogen) atoms. The maximum atomic E-state index is 13.1. The van der Waals surface area contributed by atoms with Crippen molar-refractivity contribution in [3.63, 3.8) is 0 Å². The van der Waals surface area contributed by atoms with E-state index in [0.717, 1.165) is 186 Å². The summed E-state index contributed by atoms with van der Waals surface area (Å²) in [5.41, 5.74) is 0. The van der Waals surface area contributed by atoms with Crippen LogP contribution in [0.15, 0.2) is 97.2 Å². The van der Waals surface area contributed by atoms with Gasteiger partial charge in [-0.25, -0.2) is 9.13 Å². The second-order valence-corrected chi connectivity index (χ2v) is 28.5. The normalized spacial score (nSPS) is 14.5. The standard InChI is InChI=1S/C79H138O17P2/c1-5-9-13-17-21-25-29-33-36-40-43-47-51-55-59-63-76(81)89-69-74(95-78(83)65-61-57-53-49-45-39-32-28-24-20-16-12-8-4)71-93-97(85,86)91-67-73(80)68-92-98(87,88)94-72-75(96-79(84)66-62-58-54-50-46-42-38-35-31-27-23-19-15-11-7-3)70-90-77(82)64-60-56-52-48-44-41-37-34-30-26-22-18-14-10-6-2/h10,14,16,20,22-23,26-28,32-38,73-75,80H,5-9,11-13,15,17-19,21,24-25,29-31,39-72H2,1-4H3,(H,85,86)(H,87,88)/b14-10-,20-16-,26-22-,27-23-,32-28-,36-33-,37-34-,38-35-. The molecule has 0 aliphatic heterocycles. The summed E-state index contributed by atoms with van der Waals surface area (Å²) in [7, 11) is -9.96. The van der Waals surface area contributed by atoms with Crippen LogP contribution in [0.2, 0.25) is 0 Å². The lowest BCUT2D eigenvalue weighted by atomic mass is 10.1. The van der Waals surface area contributed by atoms with Crippen molar-refractivity contribution in [1.82, 2.24) is 0 Å². The molecule has 0 aromatic heterocycles. The van der Waals surface area contributed by atoms with Crippen molar-refractivity contribution >= 4 is 39.5 Å². The van der Waals surface area contributed by atoms with Crippen molar-refractivity contribution in [2.24, 2.45) is 0 Å². The zero-order valence-corrected chi connectivity index (χ0v) is 63.5. The van der Waals surface area contributed by atoms with Crippen molar-refractivity contribution in [2.45, 2.75) is 341 Å². The summed E-state index contributed by atoms with van der Waals surface area (Å²) in [6.45, 7) is 4.63. The van der Waals surface area contributed by atoms with Gasteiger partial charge in [0.15, 0.2) is 12.2 Å². The van der Waals surface area contributed by atoms with Gasteiger partial charge >= 0.3 is 39.5 Å². The lowest BCUT2D eigenvalue weighted by molar-refractivity contribution is -0.161. The predicted molar refractivity (Wildman–Crippen MR) is 399 cm³/mol. The molecule has 0 saturated carbocycles. The van der Waals surface area contributed by atoms with E-state index in [1.165, 1.54) is 57.8 Å². The number of aliphatic hydroxyl groups excluding tert-OH is 1. The Hall–Kier alpha value is -4.02. The van der Waals surface area contributed by atoms with Crippen LogP contribution in [0.25, 0.3) is 0 Å². The molecule has 0 saturated heterocycles. The van der Waals surface area contributed by atoms with Gasteiger partial charge in [0.2, 0.25) is 0 Å².